The molecule has 0 aliphatic carbocycles. The molecule has 2 heterocycles. The van der Waals surface area contributed by atoms with Crippen molar-refractivity contribution >= 4 is 23.6 Å². The van der Waals surface area contributed by atoms with E-state index in [1.54, 1.807) is 7.05 Å². The molecule has 0 bridgehead atoms. The maximum Gasteiger partial charge on any atom is 0.407 e. The van der Waals surface area contributed by atoms with Crippen molar-refractivity contribution in [3.05, 3.63) is 30.3 Å². The van der Waals surface area contributed by atoms with E-state index < -0.39 is 11.7 Å². The number of rotatable bonds is 4. The summed E-state index contributed by atoms with van der Waals surface area (Å²) in [6.45, 7) is 10.2. The molecule has 2 saturated heterocycles. The zero-order valence-electron chi connectivity index (χ0n) is 19.6. The lowest BCUT2D eigenvalue weighted by atomic mass is 10.2. The molecular weight excluding hydrogens is 408 g/mol. The van der Waals surface area contributed by atoms with Crippen molar-refractivity contribution in [2.24, 2.45) is 4.99 Å². The van der Waals surface area contributed by atoms with Crippen LogP contribution < -0.4 is 15.5 Å². The fourth-order valence-corrected chi connectivity index (χ4v) is 4.00. The number of amides is 2. The molecule has 2 N–H and O–H groups in total. The Labute approximate surface area is 190 Å². The predicted octanol–water partition coefficient (Wildman–Crippen LogP) is 1.51. The number of ether oxygens (including phenoxy) is 1. The molecule has 1 unspecified atom stereocenters. The lowest BCUT2D eigenvalue weighted by Gasteiger charge is -2.36. The van der Waals surface area contributed by atoms with Gasteiger partial charge in [-0.25, -0.2) is 4.79 Å². The number of aliphatic imine (C=N–C) groups is 1. The zero-order valence-corrected chi connectivity index (χ0v) is 19.6. The summed E-state index contributed by atoms with van der Waals surface area (Å²) in [4.78, 5) is 35.3. The van der Waals surface area contributed by atoms with Crippen LogP contribution in [0.1, 0.15) is 27.2 Å². The average Bonchev–Trinajstić information content (AvgIpc) is 3.21. The van der Waals surface area contributed by atoms with E-state index in [0.29, 0.717) is 25.6 Å². The Balaban J connectivity index is 1.41. The van der Waals surface area contributed by atoms with E-state index in [1.165, 1.54) is 5.69 Å². The van der Waals surface area contributed by atoms with Crippen LogP contribution in [-0.2, 0) is 9.53 Å². The van der Waals surface area contributed by atoms with Gasteiger partial charge in [0.1, 0.15) is 5.60 Å². The Hall–Kier alpha value is -2.97. The lowest BCUT2D eigenvalue weighted by Crippen LogP contribution is -2.52. The summed E-state index contributed by atoms with van der Waals surface area (Å²) < 4.78 is 5.34. The number of nitrogens with one attached hydrogen (secondary N) is 2. The van der Waals surface area contributed by atoms with Gasteiger partial charge in [-0.3, -0.25) is 9.79 Å². The number of hydrogen-bond acceptors (Lipinski definition) is 5. The molecule has 2 aliphatic rings. The summed E-state index contributed by atoms with van der Waals surface area (Å²) in [6.07, 6.45) is 0.395. The van der Waals surface area contributed by atoms with Crippen molar-refractivity contribution in [3.63, 3.8) is 0 Å². The van der Waals surface area contributed by atoms with Crippen LogP contribution in [0.5, 0.6) is 0 Å². The molecule has 0 radical (unpaired) electrons. The highest BCUT2D eigenvalue weighted by atomic mass is 16.6. The number of para-hydroxylation sites is 1. The lowest BCUT2D eigenvalue weighted by molar-refractivity contribution is -0.130. The van der Waals surface area contributed by atoms with E-state index in [9.17, 15) is 9.59 Å². The molecule has 2 fully saturated rings. The molecule has 3 rings (SSSR count). The van der Waals surface area contributed by atoms with Gasteiger partial charge < -0.3 is 30.1 Å². The summed E-state index contributed by atoms with van der Waals surface area (Å²) in [5, 5.41) is 6.10. The largest absolute Gasteiger partial charge is 0.444 e. The number of piperazine rings is 1. The molecule has 32 heavy (non-hydrogen) atoms. The third-order valence-electron chi connectivity index (χ3n) is 5.57. The van der Waals surface area contributed by atoms with Gasteiger partial charge in [0.15, 0.2) is 5.96 Å². The highest BCUT2D eigenvalue weighted by Gasteiger charge is 2.28. The second-order valence-corrected chi connectivity index (χ2v) is 9.18. The first-order valence-corrected chi connectivity index (χ1v) is 11.3. The standard InChI is InChI=1S/C23H36N6O3/c1-23(2,3)32-22(31)26-18-10-11-29(17-18)21(24-4)25-16-20(30)28-14-12-27(13-15-28)19-8-6-5-7-9-19/h5-9,18H,10-17H2,1-4H3,(H,24,25)(H,26,31). The number of carbonyl (C=O) groups is 2. The first-order valence-electron chi connectivity index (χ1n) is 11.3. The van der Waals surface area contributed by atoms with Gasteiger partial charge in [0.25, 0.3) is 0 Å². The molecular formula is C23H36N6O3. The zero-order chi connectivity index (χ0) is 23.1. The fourth-order valence-electron chi connectivity index (χ4n) is 4.00. The van der Waals surface area contributed by atoms with Crippen LogP contribution in [0.2, 0.25) is 0 Å². The molecule has 176 valence electrons. The highest BCUT2D eigenvalue weighted by molar-refractivity contribution is 5.87. The van der Waals surface area contributed by atoms with Crippen molar-refractivity contribution in [1.82, 2.24) is 20.4 Å². The first kappa shape index (κ1) is 23.7. The van der Waals surface area contributed by atoms with E-state index in [-0.39, 0.29) is 18.5 Å². The predicted molar refractivity (Wildman–Crippen MR) is 126 cm³/mol. The minimum absolute atomic E-state index is 0.00911. The van der Waals surface area contributed by atoms with Crippen LogP contribution in [-0.4, -0.2) is 92.3 Å². The number of anilines is 1. The smallest absolute Gasteiger partial charge is 0.407 e. The Morgan fingerprint density at radius 1 is 1.06 bits per heavy atom. The molecule has 2 aliphatic heterocycles. The van der Waals surface area contributed by atoms with Crippen molar-refractivity contribution in [2.45, 2.75) is 38.8 Å². The molecule has 1 aromatic carbocycles. The molecule has 9 heteroatoms. The SMILES string of the molecule is CN=C(NCC(=O)N1CCN(c2ccccc2)CC1)N1CCC(NC(=O)OC(C)(C)C)C1. The van der Waals surface area contributed by atoms with Crippen molar-refractivity contribution < 1.29 is 14.3 Å². The van der Waals surface area contributed by atoms with E-state index in [1.807, 2.05) is 43.9 Å². The van der Waals surface area contributed by atoms with Gasteiger partial charge >= 0.3 is 6.09 Å². The molecule has 1 aromatic rings. The maximum atomic E-state index is 12.7. The molecule has 0 saturated carbocycles. The van der Waals surface area contributed by atoms with Crippen LogP contribution in [0.4, 0.5) is 10.5 Å². The van der Waals surface area contributed by atoms with Crippen LogP contribution in [0.15, 0.2) is 35.3 Å². The fraction of sp³-hybridized carbons (Fsp3) is 0.609. The number of hydrogen-bond donors (Lipinski definition) is 2. The van der Waals surface area contributed by atoms with Crippen molar-refractivity contribution in [1.29, 1.82) is 0 Å². The topological polar surface area (TPSA) is 89.5 Å². The summed E-state index contributed by atoms with van der Waals surface area (Å²) >= 11 is 0. The van der Waals surface area contributed by atoms with Gasteiger partial charge in [-0.05, 0) is 39.3 Å². The van der Waals surface area contributed by atoms with Gasteiger partial charge in [0.05, 0.1) is 12.6 Å². The second-order valence-electron chi connectivity index (χ2n) is 9.18. The number of carbonyl (C=O) groups excluding carboxylic acids is 2. The minimum Gasteiger partial charge on any atom is -0.444 e. The average molecular weight is 445 g/mol. The second kappa shape index (κ2) is 10.6. The van der Waals surface area contributed by atoms with E-state index >= 15 is 0 Å². The normalized spacial score (nSPS) is 19.7. The van der Waals surface area contributed by atoms with Gasteiger partial charge in [-0.1, -0.05) is 18.2 Å². The number of alkyl carbamates (subject to hydrolysis) is 1. The number of guanidine groups is 1. The third kappa shape index (κ3) is 6.77. The van der Waals surface area contributed by atoms with Crippen LogP contribution in [0.25, 0.3) is 0 Å². The first-order chi connectivity index (χ1) is 15.2. The van der Waals surface area contributed by atoms with Gasteiger partial charge in [0, 0.05) is 52.0 Å². The van der Waals surface area contributed by atoms with E-state index in [2.05, 4.69) is 37.6 Å². The summed E-state index contributed by atoms with van der Waals surface area (Å²) in [5.41, 5.74) is 0.675. The van der Waals surface area contributed by atoms with Crippen LogP contribution in [0, 0.1) is 0 Å². The minimum atomic E-state index is -0.521. The summed E-state index contributed by atoms with van der Waals surface area (Å²) in [7, 11) is 1.71. The molecule has 2 amide bonds. The Bertz CT molecular complexity index is 800. The Morgan fingerprint density at radius 2 is 1.75 bits per heavy atom. The Kier molecular flexibility index (Phi) is 7.82. The van der Waals surface area contributed by atoms with E-state index in [0.717, 1.165) is 26.1 Å². The highest BCUT2D eigenvalue weighted by Crippen LogP contribution is 2.16. The van der Waals surface area contributed by atoms with E-state index in [4.69, 9.17) is 4.74 Å². The third-order valence-corrected chi connectivity index (χ3v) is 5.57. The quantitative estimate of drug-likeness (QED) is 0.541. The van der Waals surface area contributed by atoms with Crippen LogP contribution in [0.3, 0.4) is 0 Å². The number of benzene rings is 1. The molecule has 9 nitrogen and oxygen atoms in total. The number of nitrogens with zero attached hydrogens (tertiary/aromatic N) is 4. The maximum absolute atomic E-state index is 12.7. The van der Waals surface area contributed by atoms with Crippen molar-refractivity contribution in [3.8, 4) is 0 Å². The summed E-state index contributed by atoms with van der Waals surface area (Å²) in [6, 6.07) is 10.3. The van der Waals surface area contributed by atoms with Gasteiger partial charge in [-0.15, -0.1) is 0 Å². The molecule has 1 atom stereocenters. The van der Waals surface area contributed by atoms with Crippen LogP contribution >= 0.6 is 0 Å². The summed E-state index contributed by atoms with van der Waals surface area (Å²) in [5.74, 6) is 0.747. The molecule has 0 aromatic heterocycles. The Morgan fingerprint density at radius 3 is 2.38 bits per heavy atom. The number of likely N-dealkylation sites (tertiary alicyclic amines) is 1. The van der Waals surface area contributed by atoms with Gasteiger partial charge in [-0.2, -0.15) is 0 Å². The van der Waals surface area contributed by atoms with Crippen molar-refractivity contribution in [2.75, 3.05) is 57.8 Å². The van der Waals surface area contributed by atoms with Gasteiger partial charge in [0.2, 0.25) is 5.91 Å². The molecule has 0 spiro atoms. The monoisotopic (exact) mass is 444 g/mol.